The number of hydrogen-bond acceptors (Lipinski definition) is 5. The molecule has 0 amide bonds. The molecule has 17 heavy (non-hydrogen) atoms. The number of hydrogen-bond donors (Lipinski definition) is 2. The van der Waals surface area contributed by atoms with Gasteiger partial charge in [0.2, 0.25) is 0 Å². The van der Waals surface area contributed by atoms with Crippen LogP contribution in [0.2, 0.25) is 0 Å². The summed E-state index contributed by atoms with van der Waals surface area (Å²) in [5.74, 6) is 2.03. The number of rotatable bonds is 4. The van der Waals surface area contributed by atoms with Crippen molar-refractivity contribution in [1.82, 2.24) is 14.9 Å². The molecule has 0 saturated carbocycles. The Morgan fingerprint density at radius 2 is 2.35 bits per heavy atom. The first-order valence-electron chi connectivity index (χ1n) is 6.20. The van der Waals surface area contributed by atoms with E-state index in [9.17, 15) is 0 Å². The average molecular weight is 235 g/mol. The number of nitrogens with one attached hydrogen (secondary N) is 1. The van der Waals surface area contributed by atoms with Crippen LogP contribution in [0.4, 0.5) is 11.6 Å². The van der Waals surface area contributed by atoms with Crippen molar-refractivity contribution in [3.05, 3.63) is 12.4 Å². The minimum absolute atomic E-state index is 0.512. The molecule has 5 heteroatoms. The Balaban J connectivity index is 1.80. The Hall–Kier alpha value is -1.36. The van der Waals surface area contributed by atoms with Gasteiger partial charge in [-0.15, -0.1) is 0 Å². The molecule has 5 nitrogen and oxygen atoms in total. The van der Waals surface area contributed by atoms with Crippen molar-refractivity contribution in [3.63, 3.8) is 0 Å². The first-order chi connectivity index (χ1) is 8.15. The molecule has 2 heterocycles. The van der Waals surface area contributed by atoms with Gasteiger partial charge >= 0.3 is 0 Å². The first kappa shape index (κ1) is 12.1. The fourth-order valence-electron chi connectivity index (χ4n) is 2.22. The van der Waals surface area contributed by atoms with Crippen LogP contribution >= 0.6 is 0 Å². The Bertz CT molecular complexity index is 366. The SMILES string of the molecule is CC(C)N1CCC(CNc2cc(N)ncn2)C1. The molecular weight excluding hydrogens is 214 g/mol. The highest BCUT2D eigenvalue weighted by Gasteiger charge is 2.23. The molecule has 94 valence electrons. The molecule has 1 atom stereocenters. The molecule has 1 aliphatic rings. The van der Waals surface area contributed by atoms with Crippen LogP contribution in [-0.4, -0.2) is 40.5 Å². The monoisotopic (exact) mass is 235 g/mol. The van der Waals surface area contributed by atoms with Crippen LogP contribution in [0.3, 0.4) is 0 Å². The van der Waals surface area contributed by atoms with Crippen molar-refractivity contribution in [2.24, 2.45) is 5.92 Å². The fourth-order valence-corrected chi connectivity index (χ4v) is 2.22. The molecule has 1 saturated heterocycles. The van der Waals surface area contributed by atoms with Gasteiger partial charge in [-0.3, -0.25) is 0 Å². The molecule has 1 unspecified atom stereocenters. The molecule has 0 aromatic carbocycles. The third-order valence-electron chi connectivity index (χ3n) is 3.31. The van der Waals surface area contributed by atoms with Gasteiger partial charge < -0.3 is 16.0 Å². The van der Waals surface area contributed by atoms with Crippen molar-refractivity contribution < 1.29 is 0 Å². The standard InChI is InChI=1S/C12H21N5/c1-9(2)17-4-3-10(7-17)6-14-12-5-11(13)15-8-16-12/h5,8-10H,3-4,6-7H2,1-2H3,(H3,13,14,15,16). The van der Waals surface area contributed by atoms with Crippen LogP contribution in [-0.2, 0) is 0 Å². The van der Waals surface area contributed by atoms with E-state index in [0.717, 1.165) is 12.4 Å². The summed E-state index contributed by atoms with van der Waals surface area (Å²) in [6.45, 7) is 7.84. The van der Waals surface area contributed by atoms with Gasteiger partial charge in [-0.05, 0) is 32.7 Å². The zero-order chi connectivity index (χ0) is 12.3. The molecule has 1 aliphatic heterocycles. The third-order valence-corrected chi connectivity index (χ3v) is 3.31. The number of aromatic nitrogens is 2. The topological polar surface area (TPSA) is 67.1 Å². The number of nitrogens with zero attached hydrogens (tertiary/aromatic N) is 3. The summed E-state index contributed by atoms with van der Waals surface area (Å²) in [6, 6.07) is 2.42. The predicted molar refractivity (Wildman–Crippen MR) is 69.8 cm³/mol. The molecule has 1 fully saturated rings. The van der Waals surface area contributed by atoms with E-state index in [1.807, 2.05) is 0 Å². The van der Waals surface area contributed by atoms with Gasteiger partial charge in [0.05, 0.1) is 0 Å². The van der Waals surface area contributed by atoms with E-state index in [0.29, 0.717) is 17.8 Å². The summed E-state index contributed by atoms with van der Waals surface area (Å²) in [5.41, 5.74) is 5.60. The highest BCUT2D eigenvalue weighted by molar-refractivity contribution is 5.43. The summed E-state index contributed by atoms with van der Waals surface area (Å²) < 4.78 is 0. The predicted octanol–water partition coefficient (Wildman–Crippen LogP) is 1.20. The van der Waals surface area contributed by atoms with Crippen LogP contribution in [0.25, 0.3) is 0 Å². The maximum Gasteiger partial charge on any atom is 0.131 e. The smallest absolute Gasteiger partial charge is 0.131 e. The molecule has 1 aromatic rings. The van der Waals surface area contributed by atoms with Gasteiger partial charge in [0.1, 0.15) is 18.0 Å². The average Bonchev–Trinajstić information content (AvgIpc) is 2.75. The lowest BCUT2D eigenvalue weighted by atomic mass is 10.1. The molecule has 0 aliphatic carbocycles. The van der Waals surface area contributed by atoms with Crippen LogP contribution < -0.4 is 11.1 Å². The minimum Gasteiger partial charge on any atom is -0.384 e. The second-order valence-electron chi connectivity index (χ2n) is 4.95. The highest BCUT2D eigenvalue weighted by atomic mass is 15.2. The Morgan fingerprint density at radius 3 is 3.00 bits per heavy atom. The van der Waals surface area contributed by atoms with Gasteiger partial charge in [-0.1, -0.05) is 0 Å². The van der Waals surface area contributed by atoms with E-state index in [1.165, 1.54) is 25.8 Å². The Labute approximate surface area is 102 Å². The van der Waals surface area contributed by atoms with E-state index >= 15 is 0 Å². The van der Waals surface area contributed by atoms with Crippen LogP contribution in [0.1, 0.15) is 20.3 Å². The van der Waals surface area contributed by atoms with E-state index < -0.39 is 0 Å². The third kappa shape index (κ3) is 3.30. The Kier molecular flexibility index (Phi) is 3.78. The Morgan fingerprint density at radius 1 is 1.53 bits per heavy atom. The summed E-state index contributed by atoms with van der Waals surface area (Å²) in [7, 11) is 0. The number of anilines is 2. The summed E-state index contributed by atoms with van der Waals surface area (Å²) >= 11 is 0. The van der Waals surface area contributed by atoms with Crippen molar-refractivity contribution in [2.75, 3.05) is 30.7 Å². The second kappa shape index (κ2) is 5.31. The highest BCUT2D eigenvalue weighted by Crippen LogP contribution is 2.18. The first-order valence-corrected chi connectivity index (χ1v) is 6.20. The van der Waals surface area contributed by atoms with Gasteiger partial charge in [-0.25, -0.2) is 9.97 Å². The van der Waals surface area contributed by atoms with Crippen molar-refractivity contribution >= 4 is 11.6 Å². The van der Waals surface area contributed by atoms with Crippen molar-refractivity contribution in [3.8, 4) is 0 Å². The lowest BCUT2D eigenvalue weighted by Crippen LogP contribution is -2.29. The van der Waals surface area contributed by atoms with E-state index in [2.05, 4.69) is 34.0 Å². The molecule has 2 rings (SSSR count). The molecule has 1 aromatic heterocycles. The maximum absolute atomic E-state index is 5.60. The second-order valence-corrected chi connectivity index (χ2v) is 4.95. The fraction of sp³-hybridized carbons (Fsp3) is 0.667. The molecule has 0 radical (unpaired) electrons. The van der Waals surface area contributed by atoms with Crippen LogP contribution in [0.5, 0.6) is 0 Å². The lowest BCUT2D eigenvalue weighted by Gasteiger charge is -2.20. The summed E-state index contributed by atoms with van der Waals surface area (Å²) in [4.78, 5) is 10.5. The van der Waals surface area contributed by atoms with Crippen molar-refractivity contribution in [2.45, 2.75) is 26.3 Å². The van der Waals surface area contributed by atoms with Gasteiger partial charge in [0, 0.05) is 25.2 Å². The molecule has 0 spiro atoms. The largest absolute Gasteiger partial charge is 0.384 e. The number of likely N-dealkylation sites (tertiary alicyclic amines) is 1. The van der Waals surface area contributed by atoms with Crippen LogP contribution in [0.15, 0.2) is 12.4 Å². The zero-order valence-electron chi connectivity index (χ0n) is 10.6. The lowest BCUT2D eigenvalue weighted by molar-refractivity contribution is 0.266. The summed E-state index contributed by atoms with van der Waals surface area (Å²) in [5, 5.41) is 3.33. The number of nitrogens with two attached hydrogens (primary N) is 1. The maximum atomic E-state index is 5.60. The quantitative estimate of drug-likeness (QED) is 0.821. The molecule has 3 N–H and O–H groups in total. The normalized spacial score (nSPS) is 21.0. The minimum atomic E-state index is 0.512. The summed E-state index contributed by atoms with van der Waals surface area (Å²) in [6.07, 6.45) is 2.75. The molecular formula is C12H21N5. The van der Waals surface area contributed by atoms with Crippen molar-refractivity contribution in [1.29, 1.82) is 0 Å². The zero-order valence-corrected chi connectivity index (χ0v) is 10.6. The van der Waals surface area contributed by atoms with Gasteiger partial charge in [0.15, 0.2) is 0 Å². The van der Waals surface area contributed by atoms with E-state index in [-0.39, 0.29) is 0 Å². The van der Waals surface area contributed by atoms with E-state index in [4.69, 9.17) is 5.73 Å². The van der Waals surface area contributed by atoms with Gasteiger partial charge in [0.25, 0.3) is 0 Å². The van der Waals surface area contributed by atoms with Crippen LogP contribution in [0, 0.1) is 5.92 Å². The van der Waals surface area contributed by atoms with Gasteiger partial charge in [-0.2, -0.15) is 0 Å². The molecule has 0 bridgehead atoms. The van der Waals surface area contributed by atoms with E-state index in [1.54, 1.807) is 6.07 Å². The number of nitrogen functional groups attached to an aromatic ring is 1.